The van der Waals surface area contributed by atoms with Gasteiger partial charge >= 0.3 is 0 Å². The van der Waals surface area contributed by atoms with Gasteiger partial charge in [-0.2, -0.15) is 0 Å². The molecule has 0 aliphatic carbocycles. The lowest BCUT2D eigenvalue weighted by atomic mass is 10.1. The molecule has 13 nitrogen and oxygen atoms in total. The molecule has 93 heavy (non-hydrogen) atoms. The number of aromatic nitrogens is 4. The van der Waals surface area contributed by atoms with Crippen molar-refractivity contribution in [2.75, 3.05) is 17.2 Å². The Morgan fingerprint density at radius 3 is 1.53 bits per heavy atom. The van der Waals surface area contributed by atoms with Crippen LogP contribution in [0.2, 0.25) is 20.1 Å². The van der Waals surface area contributed by atoms with Crippen LogP contribution in [-0.4, -0.2) is 41.9 Å². The van der Waals surface area contributed by atoms with Crippen molar-refractivity contribution in [3.63, 3.8) is 0 Å². The quantitative estimate of drug-likeness (QED) is 0.0308. The third kappa shape index (κ3) is 17.0. The molecule has 0 aliphatic rings. The van der Waals surface area contributed by atoms with E-state index in [1.165, 1.54) is 45.0 Å². The van der Waals surface area contributed by atoms with Crippen LogP contribution in [0.3, 0.4) is 0 Å². The number of benzene rings is 12. The van der Waals surface area contributed by atoms with Crippen LogP contribution in [0.15, 0.2) is 237 Å². The lowest BCUT2D eigenvalue weighted by Gasteiger charge is -2.09. The zero-order valence-electron chi connectivity index (χ0n) is 48.1. The van der Waals surface area contributed by atoms with Crippen molar-refractivity contribution in [1.82, 2.24) is 19.5 Å². The van der Waals surface area contributed by atoms with Gasteiger partial charge in [-0.1, -0.05) is 156 Å². The molecule has 0 fully saturated rings. The Balaban J connectivity index is 0.000000140. The van der Waals surface area contributed by atoms with E-state index in [2.05, 4.69) is 45.3 Å². The molecule has 7 N–H and O–H groups in total. The van der Waals surface area contributed by atoms with Crippen LogP contribution in [0.25, 0.3) is 77.2 Å². The molecule has 14 aromatic rings. The van der Waals surface area contributed by atoms with E-state index < -0.39 is 39.3 Å². The summed E-state index contributed by atoms with van der Waals surface area (Å²) in [5.74, 6) is -3.41. The zero-order chi connectivity index (χ0) is 66.5. The van der Waals surface area contributed by atoms with Crippen molar-refractivity contribution < 1.29 is 36.9 Å². The molecular formula is C71H47Cl5F4N8O5. The number of nitro benzene ring substituents is 1. The molecule has 0 saturated carbocycles. The van der Waals surface area contributed by atoms with Crippen molar-refractivity contribution >= 4 is 153 Å². The number of anilines is 3. The topological polar surface area (TPSA) is 219 Å². The molecular weight excluding hydrogens is 1300 g/mol. The number of fused-ring (bicyclic) bond motifs is 5. The highest BCUT2D eigenvalue weighted by Gasteiger charge is 2.22. The van der Waals surface area contributed by atoms with Gasteiger partial charge in [-0.15, -0.1) is 0 Å². The fourth-order valence-electron chi connectivity index (χ4n) is 9.11. The summed E-state index contributed by atoms with van der Waals surface area (Å²) in [6.07, 6.45) is 0.867. The number of imidazole rings is 2. The number of aldehydes is 1. The zero-order valence-corrected chi connectivity index (χ0v) is 51.8. The summed E-state index contributed by atoms with van der Waals surface area (Å²) in [6.45, 7) is 0. The summed E-state index contributed by atoms with van der Waals surface area (Å²) in [5.41, 5.74) is 22.6. The second-order valence-corrected chi connectivity index (χ2v) is 22.2. The number of nitrogen functional groups attached to an aromatic ring is 3. The fourth-order valence-corrected chi connectivity index (χ4v) is 9.92. The molecule has 0 aliphatic heterocycles. The summed E-state index contributed by atoms with van der Waals surface area (Å²) in [5, 5.41) is 18.3. The maximum atomic E-state index is 13.8. The Kier molecular flexibility index (Phi) is 21.8. The van der Waals surface area contributed by atoms with E-state index >= 15 is 0 Å². The number of H-pyrrole nitrogens is 1. The maximum absolute atomic E-state index is 13.8. The van der Waals surface area contributed by atoms with Crippen LogP contribution in [-0.2, 0) is 0 Å². The van der Waals surface area contributed by atoms with Crippen LogP contribution in [0.1, 0.15) is 31.1 Å². The first-order chi connectivity index (χ1) is 44.6. The van der Waals surface area contributed by atoms with Crippen molar-refractivity contribution in [3.8, 4) is 22.8 Å². The lowest BCUT2D eigenvalue weighted by molar-refractivity contribution is -0.383. The number of hydrogen-bond donors (Lipinski definition) is 4. The van der Waals surface area contributed by atoms with Gasteiger partial charge in [0.1, 0.15) is 23.6 Å². The van der Waals surface area contributed by atoms with E-state index in [4.69, 9.17) is 75.2 Å². The Morgan fingerprint density at radius 2 is 0.968 bits per heavy atom. The Bertz CT molecular complexity index is 5130. The fraction of sp³-hybridized carbons (Fsp3) is 0. The highest BCUT2D eigenvalue weighted by molar-refractivity contribution is 6.67. The molecule has 0 saturated heterocycles. The first kappa shape index (κ1) is 66.8. The largest absolute Gasteiger partial charge is 0.397 e. The third-order valence-corrected chi connectivity index (χ3v) is 14.9. The van der Waals surface area contributed by atoms with Gasteiger partial charge < -0.3 is 22.2 Å². The summed E-state index contributed by atoms with van der Waals surface area (Å²) >= 11 is 28.2. The van der Waals surface area contributed by atoms with Crippen LogP contribution < -0.4 is 17.2 Å². The van der Waals surface area contributed by atoms with Gasteiger partial charge in [0, 0.05) is 54.0 Å². The number of nitrogens with two attached hydrogens (primary N) is 3. The number of nitro groups is 1. The minimum Gasteiger partial charge on any atom is -0.397 e. The molecule has 2 aromatic heterocycles. The molecule has 0 spiro atoms. The monoisotopic (exact) mass is 1340 g/mol. The van der Waals surface area contributed by atoms with Gasteiger partial charge in [-0.3, -0.25) is 29.1 Å². The van der Waals surface area contributed by atoms with E-state index in [-0.39, 0.29) is 22.5 Å². The van der Waals surface area contributed by atoms with E-state index in [1.54, 1.807) is 36.4 Å². The van der Waals surface area contributed by atoms with Gasteiger partial charge in [-0.25, -0.2) is 27.5 Å². The average molecular weight is 1350 g/mol. The molecule has 0 unspecified atom stereocenters. The van der Waals surface area contributed by atoms with Crippen molar-refractivity contribution in [2.24, 2.45) is 0 Å². The Morgan fingerprint density at radius 1 is 0.473 bits per heavy atom. The first-order valence-electron chi connectivity index (χ1n) is 27.5. The molecule has 2 heterocycles. The van der Waals surface area contributed by atoms with Crippen molar-refractivity contribution in [3.05, 3.63) is 307 Å². The van der Waals surface area contributed by atoms with Crippen LogP contribution in [0.4, 0.5) is 40.3 Å². The molecule has 0 radical (unpaired) electrons. The molecule has 0 bridgehead atoms. The summed E-state index contributed by atoms with van der Waals surface area (Å²) < 4.78 is 53.1. The number of hydrogen-bond acceptors (Lipinski definition) is 10. The summed E-state index contributed by atoms with van der Waals surface area (Å²) in [6, 6.07) is 67.6. The van der Waals surface area contributed by atoms with Crippen LogP contribution >= 0.6 is 58.0 Å². The first-order valence-corrected chi connectivity index (χ1v) is 29.4. The molecule has 22 heteroatoms. The Hall–Kier alpha value is -10.7. The number of rotatable bonds is 6. The number of carbonyl (C=O) groups is 3. The van der Waals surface area contributed by atoms with E-state index in [0.29, 0.717) is 48.3 Å². The molecule has 464 valence electrons. The average Bonchev–Trinajstić information content (AvgIpc) is 1.63. The number of aromatic amines is 1. The van der Waals surface area contributed by atoms with E-state index in [1.807, 2.05) is 115 Å². The minimum absolute atomic E-state index is 0.0187. The predicted octanol–water partition coefficient (Wildman–Crippen LogP) is 19.8. The van der Waals surface area contributed by atoms with Gasteiger partial charge in [0.15, 0.2) is 23.3 Å². The second kappa shape index (κ2) is 30.4. The number of nitrogens with zero attached hydrogens (tertiary/aromatic N) is 4. The molecule has 0 atom stereocenters. The standard InChI is InChI=1S/C24H13ClF2N2O.C17H11ClN2.C11H8O.C7H3ClF2O.C6H5ClN2O2.C6H7ClN2/c25-18-8-10-22-21(13-18)28-23(16-6-5-14-3-1-2-4-15(14)11-16)29(22)24(30)17-7-9-19(26)20(27)12-17;18-14-7-8-15-16(10-14)20-17(19-15)13-6-5-11-3-1-2-4-12(11)9-13;12-8-9-5-6-10-3-1-2-4-11(10)7-9;8-7(11)4-1-2-5(9)6(10)3-4;7-4-1-2-5(8)6(3-4)9(10)11;7-4-1-2-5(8)6(9)3-4/h1-13H;1-10H,(H,19,20);1-8H;1-3H;1-3H,8H2;1-3H,8-9H2. The van der Waals surface area contributed by atoms with Gasteiger partial charge in [0.05, 0.1) is 38.4 Å². The van der Waals surface area contributed by atoms with E-state index in [9.17, 15) is 42.1 Å². The highest BCUT2D eigenvalue weighted by Crippen LogP contribution is 2.32. The Labute approximate surface area is 552 Å². The third-order valence-electron chi connectivity index (χ3n) is 13.8. The minimum atomic E-state index is -1.08. The molecule has 14 rings (SSSR count). The van der Waals surface area contributed by atoms with Gasteiger partial charge in [0.2, 0.25) is 0 Å². The van der Waals surface area contributed by atoms with Gasteiger partial charge in [-0.05, 0) is 165 Å². The number of carbonyl (C=O) groups excluding carboxylic acids is 3. The number of halogens is 9. The van der Waals surface area contributed by atoms with E-state index in [0.717, 1.165) is 86.3 Å². The summed E-state index contributed by atoms with van der Waals surface area (Å²) in [4.78, 5) is 56.4. The normalized spacial score (nSPS) is 10.5. The second-order valence-electron chi connectivity index (χ2n) is 20.1. The van der Waals surface area contributed by atoms with Crippen molar-refractivity contribution in [1.29, 1.82) is 0 Å². The lowest BCUT2D eigenvalue weighted by Crippen LogP contribution is -2.14. The predicted molar refractivity (Wildman–Crippen MR) is 366 cm³/mol. The smallest absolute Gasteiger partial charge is 0.293 e. The van der Waals surface area contributed by atoms with Crippen LogP contribution in [0.5, 0.6) is 0 Å². The summed E-state index contributed by atoms with van der Waals surface area (Å²) in [7, 11) is 0. The SMILES string of the molecule is Clc1ccc2nc(-c3ccc4ccccc4c3)[nH]c2c1.Nc1ccc(Cl)cc1N.Nc1ccc(Cl)cc1[N+](=O)[O-].O=C(Cl)c1ccc(F)c(F)c1.O=C(c1ccc(F)c(F)c1)n1c(-c2ccc3ccccc3c2)nc2cc(Cl)ccc21.O=Cc1ccc2ccccc2c1. The maximum Gasteiger partial charge on any atom is 0.293 e. The highest BCUT2D eigenvalue weighted by atomic mass is 35.5. The van der Waals surface area contributed by atoms with Crippen molar-refractivity contribution in [2.45, 2.75) is 0 Å². The van der Waals surface area contributed by atoms with Gasteiger partial charge in [0.25, 0.3) is 16.8 Å². The molecule has 0 amide bonds. The number of nitrogens with one attached hydrogen (secondary N) is 1. The van der Waals surface area contributed by atoms with Crippen LogP contribution in [0, 0.1) is 33.4 Å². The molecule has 12 aromatic carbocycles.